The van der Waals surface area contributed by atoms with E-state index >= 15 is 0 Å². The molecule has 1 amide bonds. The highest BCUT2D eigenvalue weighted by Gasteiger charge is 2.38. The summed E-state index contributed by atoms with van der Waals surface area (Å²) in [7, 11) is 0. The molecule has 1 aromatic heterocycles. The van der Waals surface area contributed by atoms with Crippen molar-refractivity contribution in [1.29, 1.82) is 0 Å². The van der Waals surface area contributed by atoms with E-state index in [1.165, 1.54) is 13.0 Å². The molecule has 2 fully saturated rings. The predicted octanol–water partition coefficient (Wildman–Crippen LogP) is 5.99. The molecule has 1 unspecified atom stereocenters. The summed E-state index contributed by atoms with van der Waals surface area (Å²) in [6.45, 7) is 1.43. The highest BCUT2D eigenvalue weighted by atomic mass is 79.9. The van der Waals surface area contributed by atoms with E-state index < -0.39 is 17.7 Å². The van der Waals surface area contributed by atoms with Crippen molar-refractivity contribution in [3.05, 3.63) is 58.3 Å². The Morgan fingerprint density at radius 3 is 2.53 bits per heavy atom. The minimum absolute atomic E-state index is 0.0899. The summed E-state index contributed by atoms with van der Waals surface area (Å²) in [5, 5.41) is 0. The van der Waals surface area contributed by atoms with Crippen molar-refractivity contribution in [3.8, 4) is 0 Å². The maximum atomic E-state index is 14.0. The molecule has 178 valence electrons. The van der Waals surface area contributed by atoms with Crippen LogP contribution in [0.15, 0.2) is 40.9 Å². The average Bonchev–Trinajstić information content (AvgIpc) is 3.36. The number of esters is 1. The number of aromatic nitrogens is 2. The molecule has 1 aliphatic carbocycles. The molecular formula is C25H24BrF2N3O3. The molecule has 1 atom stereocenters. The van der Waals surface area contributed by atoms with Crippen LogP contribution in [0.1, 0.15) is 63.4 Å². The normalized spacial score (nSPS) is 23.0. The molecule has 0 bridgehead atoms. The number of imidazole rings is 1. The molecule has 6 nitrogen and oxygen atoms in total. The van der Waals surface area contributed by atoms with Gasteiger partial charge in [-0.3, -0.25) is 9.59 Å². The number of benzene rings is 2. The molecule has 0 spiro atoms. The van der Waals surface area contributed by atoms with Crippen LogP contribution in [0.5, 0.6) is 0 Å². The van der Waals surface area contributed by atoms with Gasteiger partial charge in [0.15, 0.2) is 11.6 Å². The fourth-order valence-corrected chi connectivity index (χ4v) is 5.60. The second-order valence-corrected chi connectivity index (χ2v) is 9.85. The second-order valence-electron chi connectivity index (χ2n) is 8.93. The maximum absolute atomic E-state index is 14.0. The van der Waals surface area contributed by atoms with Crippen LogP contribution in [-0.2, 0) is 14.3 Å². The first kappa shape index (κ1) is 23.0. The summed E-state index contributed by atoms with van der Waals surface area (Å²) >= 11 is 3.51. The third-order valence-electron chi connectivity index (χ3n) is 6.71. The van der Waals surface area contributed by atoms with Crippen molar-refractivity contribution < 1.29 is 23.1 Å². The van der Waals surface area contributed by atoms with Crippen molar-refractivity contribution in [1.82, 2.24) is 9.55 Å². The van der Waals surface area contributed by atoms with E-state index in [9.17, 15) is 18.4 Å². The van der Waals surface area contributed by atoms with Gasteiger partial charge in [-0.2, -0.15) is 0 Å². The van der Waals surface area contributed by atoms with Crippen LogP contribution in [0.4, 0.5) is 14.5 Å². The molecule has 0 N–H and O–H groups in total. The zero-order valence-corrected chi connectivity index (χ0v) is 20.2. The number of ether oxygens (including phenoxy) is 1. The molecule has 1 saturated carbocycles. The van der Waals surface area contributed by atoms with Crippen molar-refractivity contribution in [2.45, 2.75) is 63.6 Å². The first-order valence-corrected chi connectivity index (χ1v) is 12.2. The van der Waals surface area contributed by atoms with Crippen LogP contribution in [0, 0.1) is 11.6 Å². The lowest BCUT2D eigenvalue weighted by molar-refractivity contribution is -0.148. The molecule has 2 aromatic carbocycles. The van der Waals surface area contributed by atoms with E-state index in [1.54, 1.807) is 4.90 Å². The number of carbonyl (C=O) groups excluding carboxylic acids is 2. The molecule has 1 aliphatic heterocycles. The Morgan fingerprint density at radius 1 is 1.06 bits per heavy atom. The summed E-state index contributed by atoms with van der Waals surface area (Å²) in [4.78, 5) is 30.7. The van der Waals surface area contributed by atoms with Gasteiger partial charge in [0.2, 0.25) is 5.91 Å². The Balaban J connectivity index is 1.55. The first-order chi connectivity index (χ1) is 16.3. The van der Waals surface area contributed by atoms with Gasteiger partial charge in [-0.05, 0) is 62.4 Å². The van der Waals surface area contributed by atoms with Crippen molar-refractivity contribution >= 4 is 44.5 Å². The lowest BCUT2D eigenvalue weighted by atomic mass is 9.92. The van der Waals surface area contributed by atoms with E-state index in [0.717, 1.165) is 59.1 Å². The van der Waals surface area contributed by atoms with Crippen molar-refractivity contribution in [3.63, 3.8) is 0 Å². The van der Waals surface area contributed by atoms with Gasteiger partial charge in [0.25, 0.3) is 0 Å². The fraction of sp³-hybridized carbons (Fsp3) is 0.400. The highest BCUT2D eigenvalue weighted by Crippen LogP contribution is 2.42. The number of nitrogens with zero attached hydrogens (tertiary/aromatic N) is 3. The van der Waals surface area contributed by atoms with Gasteiger partial charge in [-0.15, -0.1) is 0 Å². The van der Waals surface area contributed by atoms with Crippen LogP contribution in [0.2, 0.25) is 0 Å². The van der Waals surface area contributed by atoms with Crippen LogP contribution in [0.25, 0.3) is 11.0 Å². The number of halogens is 3. The van der Waals surface area contributed by atoms with E-state index in [1.807, 2.05) is 18.2 Å². The number of hydrogen-bond acceptors (Lipinski definition) is 4. The van der Waals surface area contributed by atoms with Gasteiger partial charge in [-0.25, -0.2) is 13.8 Å². The molecular weight excluding hydrogens is 508 g/mol. The predicted molar refractivity (Wildman–Crippen MR) is 126 cm³/mol. The van der Waals surface area contributed by atoms with Crippen LogP contribution >= 0.6 is 15.9 Å². The number of amides is 1. The Labute approximate surface area is 204 Å². The fourth-order valence-electron chi connectivity index (χ4n) is 5.25. The Bertz CT molecular complexity index is 1270. The zero-order chi connectivity index (χ0) is 24.0. The zero-order valence-electron chi connectivity index (χ0n) is 18.6. The lowest BCUT2D eigenvalue weighted by Crippen LogP contribution is -2.31. The second kappa shape index (κ2) is 9.09. The summed E-state index contributed by atoms with van der Waals surface area (Å²) in [5.41, 5.74) is 2.08. The molecule has 2 heterocycles. The minimum atomic E-state index is -0.989. The van der Waals surface area contributed by atoms with Gasteiger partial charge >= 0.3 is 5.97 Å². The average molecular weight is 532 g/mol. The molecule has 5 rings (SSSR count). The van der Waals surface area contributed by atoms with E-state index in [0.29, 0.717) is 18.5 Å². The monoisotopic (exact) mass is 531 g/mol. The molecule has 9 heteroatoms. The Kier molecular flexibility index (Phi) is 6.14. The number of hydrogen-bond donors (Lipinski definition) is 0. The van der Waals surface area contributed by atoms with Crippen molar-refractivity contribution in [2.24, 2.45) is 0 Å². The molecule has 0 radical (unpaired) electrons. The van der Waals surface area contributed by atoms with Crippen LogP contribution in [0.3, 0.4) is 0 Å². The minimum Gasteiger partial charge on any atom is -0.463 e. The van der Waals surface area contributed by atoms with Gasteiger partial charge < -0.3 is 14.2 Å². The molecule has 34 heavy (non-hydrogen) atoms. The van der Waals surface area contributed by atoms with Gasteiger partial charge in [0.1, 0.15) is 11.9 Å². The van der Waals surface area contributed by atoms with E-state index in [2.05, 4.69) is 20.5 Å². The topological polar surface area (TPSA) is 64.4 Å². The van der Waals surface area contributed by atoms with Gasteiger partial charge in [0, 0.05) is 35.6 Å². The first-order valence-electron chi connectivity index (χ1n) is 11.4. The number of fused-ring (bicyclic) bond motifs is 1. The summed E-state index contributed by atoms with van der Waals surface area (Å²) < 4.78 is 36.1. The number of anilines is 1. The van der Waals surface area contributed by atoms with E-state index in [-0.39, 0.29) is 24.0 Å². The van der Waals surface area contributed by atoms with Crippen LogP contribution in [-0.4, -0.2) is 27.5 Å². The third-order valence-corrected chi connectivity index (χ3v) is 7.20. The molecule has 2 aliphatic rings. The highest BCUT2D eigenvalue weighted by molar-refractivity contribution is 9.10. The quantitative estimate of drug-likeness (QED) is 0.387. The largest absolute Gasteiger partial charge is 0.463 e. The molecule has 3 aromatic rings. The standard InChI is InChI=1S/C25H24BrF2N3O3/c1-14(32)34-18-6-3-16(4-7-18)31-22-9-2-15(26)12-21(22)29-25(31)23-10-11-24(33)30(23)17-5-8-19(27)20(28)13-17/h2,5,8-9,12-13,16,18,23H,3-4,6-7,10-11H2,1H3. The Hall–Kier alpha value is -2.81. The Morgan fingerprint density at radius 2 is 1.82 bits per heavy atom. The smallest absolute Gasteiger partial charge is 0.302 e. The SMILES string of the molecule is CC(=O)OC1CCC(n2c(C3CCC(=O)N3c3ccc(F)c(F)c3)nc3cc(Br)ccc32)CC1. The van der Waals surface area contributed by atoms with Gasteiger partial charge in [0.05, 0.1) is 17.1 Å². The van der Waals surface area contributed by atoms with Gasteiger partial charge in [-0.1, -0.05) is 15.9 Å². The van der Waals surface area contributed by atoms with Crippen molar-refractivity contribution in [2.75, 3.05) is 4.90 Å². The van der Waals surface area contributed by atoms with E-state index in [4.69, 9.17) is 9.72 Å². The third kappa shape index (κ3) is 4.21. The number of carbonyl (C=O) groups is 2. The summed E-state index contributed by atoms with van der Waals surface area (Å²) in [5.74, 6) is -1.62. The summed E-state index contributed by atoms with van der Waals surface area (Å²) in [6, 6.07) is 9.18. The maximum Gasteiger partial charge on any atom is 0.302 e. The molecule has 1 saturated heterocycles. The van der Waals surface area contributed by atoms with Crippen LogP contribution < -0.4 is 4.90 Å². The number of rotatable bonds is 4. The summed E-state index contributed by atoms with van der Waals surface area (Å²) in [6.07, 6.45) is 3.84. The lowest BCUT2D eigenvalue weighted by Gasteiger charge is -2.32.